The Morgan fingerprint density at radius 2 is 2.00 bits per heavy atom. The highest BCUT2D eigenvalue weighted by Crippen LogP contribution is 2.24. The smallest absolute Gasteiger partial charge is 0.160 e. The zero-order valence-electron chi connectivity index (χ0n) is 12.5. The fourth-order valence-corrected chi connectivity index (χ4v) is 2.46. The molecule has 0 aliphatic carbocycles. The number of imidazole rings is 1. The van der Waals surface area contributed by atoms with E-state index in [0.29, 0.717) is 0 Å². The van der Waals surface area contributed by atoms with E-state index < -0.39 is 0 Å². The van der Waals surface area contributed by atoms with Crippen LogP contribution in [0.1, 0.15) is 18.9 Å². The Morgan fingerprint density at radius 1 is 1.24 bits per heavy atom. The molecule has 0 amide bonds. The molecule has 0 aliphatic heterocycles. The molecule has 4 heteroatoms. The van der Waals surface area contributed by atoms with Gasteiger partial charge in [-0.05, 0) is 25.0 Å². The second-order valence-electron chi connectivity index (χ2n) is 5.44. The van der Waals surface area contributed by atoms with Gasteiger partial charge in [-0.15, -0.1) is 0 Å². The molecular weight excluding hydrogens is 260 g/mol. The molecular formula is C17H20N4. The molecule has 0 spiro atoms. The number of aryl methyl sites for hydroxylation is 1. The molecule has 3 rings (SSSR count). The lowest BCUT2D eigenvalue weighted by atomic mass is 10.2. The van der Waals surface area contributed by atoms with Crippen LogP contribution in [0, 0.1) is 6.92 Å². The fourth-order valence-electron chi connectivity index (χ4n) is 2.46. The summed E-state index contributed by atoms with van der Waals surface area (Å²) in [6.45, 7) is 4.86. The molecule has 1 aromatic carbocycles. The Bertz CT molecular complexity index is 746. The van der Waals surface area contributed by atoms with E-state index in [2.05, 4.69) is 34.7 Å². The average molecular weight is 280 g/mol. The van der Waals surface area contributed by atoms with Crippen molar-refractivity contribution in [3.63, 3.8) is 0 Å². The van der Waals surface area contributed by atoms with Crippen LogP contribution in [-0.2, 0) is 6.54 Å². The zero-order chi connectivity index (χ0) is 14.8. The standard InChI is InChI=1S/C17H20N4/c1-3-14(18)11-21-16(13-7-5-4-6-8-13)20-15-9-12(2)10-19-17(15)21/h4-10,14H,3,11,18H2,1-2H3. The van der Waals surface area contributed by atoms with Gasteiger partial charge in [-0.25, -0.2) is 9.97 Å². The van der Waals surface area contributed by atoms with E-state index in [1.807, 2.05) is 31.3 Å². The normalized spacial score (nSPS) is 12.7. The first kappa shape index (κ1) is 13.8. The quantitative estimate of drug-likeness (QED) is 0.798. The Balaban J connectivity index is 2.19. The summed E-state index contributed by atoms with van der Waals surface area (Å²) in [6, 6.07) is 12.4. The number of rotatable bonds is 4. The number of benzene rings is 1. The average Bonchev–Trinajstić information content (AvgIpc) is 2.85. The van der Waals surface area contributed by atoms with Crippen molar-refractivity contribution in [3.05, 3.63) is 48.2 Å². The third kappa shape index (κ3) is 2.67. The van der Waals surface area contributed by atoms with Gasteiger partial charge < -0.3 is 10.3 Å². The van der Waals surface area contributed by atoms with Crippen molar-refractivity contribution in [3.8, 4) is 11.4 Å². The van der Waals surface area contributed by atoms with Gasteiger partial charge in [-0.3, -0.25) is 0 Å². The van der Waals surface area contributed by atoms with E-state index in [9.17, 15) is 0 Å². The highest BCUT2D eigenvalue weighted by Gasteiger charge is 2.15. The third-order valence-electron chi connectivity index (χ3n) is 3.70. The number of hydrogen-bond donors (Lipinski definition) is 1. The minimum absolute atomic E-state index is 0.105. The summed E-state index contributed by atoms with van der Waals surface area (Å²) in [5.41, 5.74) is 10.2. The Hall–Kier alpha value is -2.20. The van der Waals surface area contributed by atoms with Crippen molar-refractivity contribution in [1.29, 1.82) is 0 Å². The van der Waals surface area contributed by atoms with Crippen LogP contribution in [0.5, 0.6) is 0 Å². The van der Waals surface area contributed by atoms with Crippen LogP contribution < -0.4 is 5.73 Å². The van der Waals surface area contributed by atoms with Crippen molar-refractivity contribution in [1.82, 2.24) is 14.5 Å². The maximum atomic E-state index is 6.16. The lowest BCUT2D eigenvalue weighted by Crippen LogP contribution is -2.25. The first-order valence-corrected chi connectivity index (χ1v) is 7.33. The minimum atomic E-state index is 0.105. The second-order valence-corrected chi connectivity index (χ2v) is 5.44. The molecule has 108 valence electrons. The van der Waals surface area contributed by atoms with Crippen molar-refractivity contribution in [2.75, 3.05) is 0 Å². The number of pyridine rings is 1. The van der Waals surface area contributed by atoms with E-state index in [0.717, 1.165) is 41.1 Å². The van der Waals surface area contributed by atoms with Crippen molar-refractivity contribution < 1.29 is 0 Å². The van der Waals surface area contributed by atoms with Gasteiger partial charge in [-0.1, -0.05) is 37.3 Å². The monoisotopic (exact) mass is 280 g/mol. The Labute approximate surface area is 124 Å². The molecule has 2 aromatic heterocycles. The van der Waals surface area contributed by atoms with Gasteiger partial charge in [-0.2, -0.15) is 0 Å². The van der Waals surface area contributed by atoms with Gasteiger partial charge in [0.05, 0.1) is 0 Å². The van der Waals surface area contributed by atoms with Crippen LogP contribution in [-0.4, -0.2) is 20.6 Å². The zero-order valence-corrected chi connectivity index (χ0v) is 12.5. The van der Waals surface area contributed by atoms with E-state index in [-0.39, 0.29) is 6.04 Å². The van der Waals surface area contributed by atoms with Gasteiger partial charge in [0.25, 0.3) is 0 Å². The van der Waals surface area contributed by atoms with E-state index in [1.165, 1.54) is 0 Å². The van der Waals surface area contributed by atoms with Gasteiger partial charge in [0.15, 0.2) is 5.65 Å². The minimum Gasteiger partial charge on any atom is -0.326 e. The maximum absolute atomic E-state index is 6.16. The van der Waals surface area contributed by atoms with Gasteiger partial charge >= 0.3 is 0 Å². The van der Waals surface area contributed by atoms with Crippen molar-refractivity contribution >= 4 is 11.2 Å². The first-order valence-electron chi connectivity index (χ1n) is 7.33. The van der Waals surface area contributed by atoms with E-state index in [4.69, 9.17) is 10.7 Å². The van der Waals surface area contributed by atoms with E-state index in [1.54, 1.807) is 0 Å². The molecule has 2 heterocycles. The van der Waals surface area contributed by atoms with Crippen LogP contribution in [0.15, 0.2) is 42.6 Å². The SMILES string of the molecule is CCC(N)Cn1c(-c2ccccc2)nc2cc(C)cnc21. The number of hydrogen-bond acceptors (Lipinski definition) is 3. The molecule has 0 aliphatic rings. The fraction of sp³-hybridized carbons (Fsp3) is 0.294. The molecule has 0 radical (unpaired) electrons. The van der Waals surface area contributed by atoms with Crippen LogP contribution in [0.2, 0.25) is 0 Å². The van der Waals surface area contributed by atoms with Gasteiger partial charge in [0, 0.05) is 24.3 Å². The molecule has 4 nitrogen and oxygen atoms in total. The Morgan fingerprint density at radius 3 is 2.71 bits per heavy atom. The van der Waals surface area contributed by atoms with Crippen LogP contribution in [0.25, 0.3) is 22.6 Å². The summed E-state index contributed by atoms with van der Waals surface area (Å²) in [6.07, 6.45) is 2.81. The van der Waals surface area contributed by atoms with Gasteiger partial charge in [0.1, 0.15) is 11.3 Å². The first-order chi connectivity index (χ1) is 10.2. The second kappa shape index (κ2) is 5.66. The molecule has 0 fully saturated rings. The molecule has 1 unspecified atom stereocenters. The molecule has 0 saturated heterocycles. The summed E-state index contributed by atoms with van der Waals surface area (Å²) in [7, 11) is 0. The van der Waals surface area contributed by atoms with Gasteiger partial charge in [0.2, 0.25) is 0 Å². The highest BCUT2D eigenvalue weighted by atomic mass is 15.1. The highest BCUT2D eigenvalue weighted by molar-refractivity contribution is 5.77. The van der Waals surface area contributed by atoms with E-state index >= 15 is 0 Å². The number of fused-ring (bicyclic) bond motifs is 1. The summed E-state index contributed by atoms with van der Waals surface area (Å²) in [5, 5.41) is 0. The number of aromatic nitrogens is 3. The van der Waals surface area contributed by atoms with Crippen LogP contribution in [0.4, 0.5) is 0 Å². The predicted molar refractivity (Wildman–Crippen MR) is 86.0 cm³/mol. The molecule has 2 N–H and O–H groups in total. The van der Waals surface area contributed by atoms with Crippen LogP contribution >= 0.6 is 0 Å². The lowest BCUT2D eigenvalue weighted by Gasteiger charge is -2.13. The summed E-state index contributed by atoms with van der Waals surface area (Å²) in [5.74, 6) is 0.938. The lowest BCUT2D eigenvalue weighted by molar-refractivity contribution is 0.549. The largest absolute Gasteiger partial charge is 0.326 e. The molecule has 21 heavy (non-hydrogen) atoms. The van der Waals surface area contributed by atoms with Crippen molar-refractivity contribution in [2.24, 2.45) is 5.73 Å². The summed E-state index contributed by atoms with van der Waals surface area (Å²) < 4.78 is 2.14. The predicted octanol–water partition coefficient (Wildman–Crippen LogP) is 3.14. The summed E-state index contributed by atoms with van der Waals surface area (Å²) in [4.78, 5) is 9.34. The molecule has 1 atom stereocenters. The van der Waals surface area contributed by atoms with Crippen molar-refractivity contribution in [2.45, 2.75) is 32.9 Å². The topological polar surface area (TPSA) is 56.7 Å². The molecule has 0 saturated carbocycles. The van der Waals surface area contributed by atoms with Crippen LogP contribution in [0.3, 0.4) is 0 Å². The summed E-state index contributed by atoms with van der Waals surface area (Å²) >= 11 is 0. The third-order valence-corrected chi connectivity index (χ3v) is 3.70. The maximum Gasteiger partial charge on any atom is 0.160 e. The molecule has 3 aromatic rings. The molecule has 0 bridgehead atoms. The number of nitrogens with zero attached hydrogens (tertiary/aromatic N) is 3. The Kier molecular flexibility index (Phi) is 3.71. The number of nitrogens with two attached hydrogens (primary N) is 1.